The molecule has 0 aromatic heterocycles. The van der Waals surface area contributed by atoms with Crippen molar-refractivity contribution in [3.63, 3.8) is 0 Å². The van der Waals surface area contributed by atoms with Gasteiger partial charge in [0.15, 0.2) is 4.90 Å². The molecule has 2 atom stereocenters. The number of rotatable bonds is 9. The van der Waals surface area contributed by atoms with Crippen LogP contribution >= 0.6 is 0 Å². The molecule has 0 saturated carbocycles. The molecule has 3 aromatic rings. The maximum Gasteiger partial charge on any atom is 0.254 e. The van der Waals surface area contributed by atoms with Crippen LogP contribution in [0.3, 0.4) is 0 Å². The zero-order valence-corrected chi connectivity index (χ0v) is 19.5. The molecule has 0 fully saturated rings. The predicted molar refractivity (Wildman–Crippen MR) is 127 cm³/mol. The lowest BCUT2D eigenvalue weighted by Crippen LogP contribution is -2.46. The minimum Gasteiger partial charge on any atom is -0.593 e. The van der Waals surface area contributed by atoms with Crippen molar-refractivity contribution in [2.45, 2.75) is 24.8 Å². The highest BCUT2D eigenvalue weighted by Crippen LogP contribution is 2.24. The van der Waals surface area contributed by atoms with Crippen LogP contribution in [0.5, 0.6) is 0 Å². The summed E-state index contributed by atoms with van der Waals surface area (Å²) in [6, 6.07) is 16.2. The highest BCUT2D eigenvalue weighted by molar-refractivity contribution is 7.89. The highest BCUT2D eigenvalue weighted by atomic mass is 32.2. The standard InChI is InChI=1S/C25H25F2N3O3S/c1-16-7-10-19(11-8-16)34(33)30-17(2)24(31)28-13-14-29-25(32)21-15-18(9-12-23(21)27)20-5-3-4-6-22(20)26/h3-12,15,17,30H,13-14H2,1-2H3,(H,28,31)(H,29,32)/t17-,34?/m0/s1. The smallest absolute Gasteiger partial charge is 0.254 e. The normalized spacial score (nSPS) is 12.6. The van der Waals surface area contributed by atoms with Gasteiger partial charge in [0.25, 0.3) is 5.91 Å². The topological polar surface area (TPSA) is 93.3 Å². The Morgan fingerprint density at radius 2 is 1.62 bits per heavy atom. The molecule has 0 aliphatic carbocycles. The molecule has 0 radical (unpaired) electrons. The summed E-state index contributed by atoms with van der Waals surface area (Å²) in [5, 5.41) is 5.15. The summed E-state index contributed by atoms with van der Waals surface area (Å²) in [4.78, 5) is 25.2. The lowest BCUT2D eigenvalue weighted by molar-refractivity contribution is -0.122. The fraction of sp³-hybridized carbons (Fsp3) is 0.200. The Hall–Kier alpha value is -3.27. The van der Waals surface area contributed by atoms with Crippen molar-refractivity contribution >= 4 is 23.2 Å². The number of aryl methyl sites for hydroxylation is 1. The summed E-state index contributed by atoms with van der Waals surface area (Å²) < 4.78 is 43.3. The molecular formula is C25H25F2N3O3S. The van der Waals surface area contributed by atoms with E-state index < -0.39 is 40.9 Å². The van der Waals surface area contributed by atoms with Crippen LogP contribution in [0.1, 0.15) is 22.8 Å². The molecule has 1 unspecified atom stereocenters. The van der Waals surface area contributed by atoms with Gasteiger partial charge in [-0.2, -0.15) is 0 Å². The second kappa shape index (κ2) is 11.7. The summed E-state index contributed by atoms with van der Waals surface area (Å²) in [7, 11) is 0. The van der Waals surface area contributed by atoms with Crippen LogP contribution in [0.25, 0.3) is 11.1 Å². The summed E-state index contributed by atoms with van der Waals surface area (Å²) in [6.45, 7) is 3.62. The highest BCUT2D eigenvalue weighted by Gasteiger charge is 2.21. The molecule has 0 aliphatic rings. The van der Waals surface area contributed by atoms with Crippen molar-refractivity contribution in [1.29, 1.82) is 0 Å². The van der Waals surface area contributed by atoms with Gasteiger partial charge >= 0.3 is 0 Å². The summed E-state index contributed by atoms with van der Waals surface area (Å²) in [6.07, 6.45) is 0. The Labute approximate surface area is 200 Å². The quantitative estimate of drug-likeness (QED) is 0.320. The van der Waals surface area contributed by atoms with E-state index in [2.05, 4.69) is 15.4 Å². The average molecular weight is 486 g/mol. The summed E-state index contributed by atoms with van der Waals surface area (Å²) >= 11 is -1.55. The van der Waals surface area contributed by atoms with Crippen LogP contribution in [0.15, 0.2) is 71.6 Å². The third kappa shape index (κ3) is 6.63. The fourth-order valence-electron chi connectivity index (χ4n) is 3.12. The number of benzene rings is 3. The maximum atomic E-state index is 14.2. The van der Waals surface area contributed by atoms with Gasteiger partial charge in [0.2, 0.25) is 5.91 Å². The minimum absolute atomic E-state index is 0.0434. The second-order valence-electron chi connectivity index (χ2n) is 7.64. The molecule has 9 heteroatoms. The fourth-order valence-corrected chi connectivity index (χ4v) is 4.06. The zero-order chi connectivity index (χ0) is 24.7. The van der Waals surface area contributed by atoms with E-state index in [0.717, 1.165) is 11.6 Å². The number of halogens is 2. The molecule has 2 amide bonds. The van der Waals surface area contributed by atoms with E-state index in [9.17, 15) is 22.9 Å². The predicted octanol–water partition coefficient (Wildman–Crippen LogP) is 3.49. The van der Waals surface area contributed by atoms with Gasteiger partial charge in [-0.25, -0.2) is 8.78 Å². The van der Waals surface area contributed by atoms with E-state index in [-0.39, 0.29) is 24.2 Å². The molecule has 0 heterocycles. The second-order valence-corrected chi connectivity index (χ2v) is 8.89. The Bertz CT molecular complexity index is 1160. The van der Waals surface area contributed by atoms with Crippen molar-refractivity contribution in [2.75, 3.05) is 13.1 Å². The van der Waals surface area contributed by atoms with E-state index >= 15 is 0 Å². The molecule has 6 nitrogen and oxygen atoms in total. The van der Waals surface area contributed by atoms with E-state index in [1.54, 1.807) is 37.3 Å². The van der Waals surface area contributed by atoms with E-state index in [1.807, 2.05) is 19.1 Å². The third-order valence-corrected chi connectivity index (χ3v) is 6.29. The number of carbonyl (C=O) groups excluding carboxylic acids is 2. The summed E-state index contributed by atoms with van der Waals surface area (Å²) in [5.41, 5.74) is 1.44. The van der Waals surface area contributed by atoms with Crippen LogP contribution < -0.4 is 15.4 Å². The van der Waals surface area contributed by atoms with Gasteiger partial charge in [-0.15, -0.1) is 4.72 Å². The minimum atomic E-state index is -1.55. The largest absolute Gasteiger partial charge is 0.593 e. The first-order chi connectivity index (χ1) is 16.3. The Balaban J connectivity index is 1.49. The molecule has 178 valence electrons. The van der Waals surface area contributed by atoms with Gasteiger partial charge in [-0.3, -0.25) is 9.59 Å². The van der Waals surface area contributed by atoms with Crippen LogP contribution in [0.4, 0.5) is 8.78 Å². The molecule has 0 saturated heterocycles. The molecule has 0 bridgehead atoms. The van der Waals surface area contributed by atoms with Gasteiger partial charge in [0, 0.05) is 18.7 Å². The Morgan fingerprint density at radius 1 is 0.941 bits per heavy atom. The molecule has 34 heavy (non-hydrogen) atoms. The van der Waals surface area contributed by atoms with Crippen molar-refractivity contribution in [1.82, 2.24) is 15.4 Å². The molecule has 3 aromatic carbocycles. The first-order valence-corrected chi connectivity index (χ1v) is 11.8. The zero-order valence-electron chi connectivity index (χ0n) is 18.7. The van der Waals surface area contributed by atoms with Crippen LogP contribution in [0, 0.1) is 18.6 Å². The number of hydrogen-bond acceptors (Lipinski definition) is 4. The number of carbonyl (C=O) groups is 2. The van der Waals surface area contributed by atoms with E-state index in [1.165, 1.54) is 18.2 Å². The van der Waals surface area contributed by atoms with Crippen molar-refractivity contribution in [3.05, 3.63) is 89.5 Å². The van der Waals surface area contributed by atoms with E-state index in [0.29, 0.717) is 10.5 Å². The van der Waals surface area contributed by atoms with Crippen LogP contribution in [-0.2, 0) is 16.2 Å². The SMILES string of the molecule is Cc1ccc([S+]([O-])N[C@@H](C)C(=O)NCCNC(=O)c2cc(-c3ccccc3F)ccc2F)cc1. The van der Waals surface area contributed by atoms with Gasteiger partial charge in [-0.1, -0.05) is 42.0 Å². The monoisotopic (exact) mass is 485 g/mol. The van der Waals surface area contributed by atoms with Gasteiger partial charge in [0.1, 0.15) is 17.7 Å². The Kier molecular flexibility index (Phi) is 8.75. The van der Waals surface area contributed by atoms with E-state index in [4.69, 9.17) is 0 Å². The molecule has 0 aliphatic heterocycles. The summed E-state index contributed by atoms with van der Waals surface area (Å²) in [5.74, 6) is -2.30. The molecule has 0 spiro atoms. The number of nitrogens with one attached hydrogen (secondary N) is 3. The third-order valence-electron chi connectivity index (χ3n) is 5.02. The lowest BCUT2D eigenvalue weighted by atomic mass is 10.0. The average Bonchev–Trinajstić information content (AvgIpc) is 2.82. The van der Waals surface area contributed by atoms with Gasteiger partial charge < -0.3 is 15.2 Å². The molecular weight excluding hydrogens is 460 g/mol. The lowest BCUT2D eigenvalue weighted by Gasteiger charge is -2.16. The first kappa shape index (κ1) is 25.4. The first-order valence-electron chi connectivity index (χ1n) is 10.6. The van der Waals surface area contributed by atoms with Crippen LogP contribution in [0.2, 0.25) is 0 Å². The van der Waals surface area contributed by atoms with Gasteiger partial charge in [-0.05, 0) is 49.7 Å². The van der Waals surface area contributed by atoms with Crippen molar-refractivity contribution < 1.29 is 22.9 Å². The number of amides is 2. The Morgan fingerprint density at radius 3 is 2.32 bits per heavy atom. The van der Waals surface area contributed by atoms with Crippen molar-refractivity contribution in [2.24, 2.45) is 0 Å². The maximum absolute atomic E-state index is 14.2. The van der Waals surface area contributed by atoms with Crippen LogP contribution in [-0.4, -0.2) is 35.5 Å². The number of hydrogen-bond donors (Lipinski definition) is 3. The van der Waals surface area contributed by atoms with Gasteiger partial charge in [0.05, 0.1) is 16.9 Å². The molecule has 3 N–H and O–H groups in total. The molecule has 3 rings (SSSR count). The van der Waals surface area contributed by atoms with Crippen molar-refractivity contribution in [3.8, 4) is 11.1 Å².